The number of hydrogen-bond donors (Lipinski definition) is 1. The molecule has 1 fully saturated rings. The Balaban J connectivity index is 1.81. The molecule has 0 spiro atoms. The van der Waals surface area contributed by atoms with Crippen LogP contribution < -0.4 is 5.32 Å². The summed E-state index contributed by atoms with van der Waals surface area (Å²) in [4.78, 5) is 0. The van der Waals surface area contributed by atoms with Gasteiger partial charge in [-0.1, -0.05) is 19.8 Å². The lowest BCUT2D eigenvalue weighted by Gasteiger charge is -2.24. The molecule has 1 atom stereocenters. The van der Waals surface area contributed by atoms with Crippen LogP contribution in [0, 0.1) is 5.92 Å². The lowest BCUT2D eigenvalue weighted by atomic mass is 9.93. The van der Waals surface area contributed by atoms with Crippen molar-refractivity contribution in [3.63, 3.8) is 0 Å². The van der Waals surface area contributed by atoms with Crippen molar-refractivity contribution in [2.24, 2.45) is 5.92 Å². The predicted octanol–water partition coefficient (Wildman–Crippen LogP) is 4.24. The Labute approximate surface area is 110 Å². The molecule has 1 aromatic heterocycles. The summed E-state index contributed by atoms with van der Waals surface area (Å²) in [5.41, 5.74) is 1.52. The van der Waals surface area contributed by atoms with Crippen molar-refractivity contribution < 1.29 is 0 Å². The number of nitrogens with one attached hydrogen (secondary N) is 1. The van der Waals surface area contributed by atoms with Gasteiger partial charge in [-0.2, -0.15) is 11.3 Å². The molecule has 2 rings (SSSR count). The maximum absolute atomic E-state index is 3.78. The lowest BCUT2D eigenvalue weighted by Crippen LogP contribution is -2.36. The molecule has 0 radical (unpaired) electrons. The lowest BCUT2D eigenvalue weighted by molar-refractivity contribution is 0.341. The third-order valence-electron chi connectivity index (χ3n) is 3.95. The second-order valence-electron chi connectivity index (χ2n) is 5.28. The smallest absolute Gasteiger partial charge is 0.00984 e. The van der Waals surface area contributed by atoms with Crippen molar-refractivity contribution in [3.8, 4) is 0 Å². The zero-order valence-corrected chi connectivity index (χ0v) is 11.8. The second-order valence-corrected chi connectivity index (χ2v) is 6.06. The molecule has 0 saturated heterocycles. The van der Waals surface area contributed by atoms with Crippen LogP contribution in [0.2, 0.25) is 0 Å². The van der Waals surface area contributed by atoms with Gasteiger partial charge in [0.25, 0.3) is 0 Å². The number of hydrogen-bond acceptors (Lipinski definition) is 2. The Kier molecular flexibility index (Phi) is 5.53. The fourth-order valence-corrected chi connectivity index (χ4v) is 3.65. The Morgan fingerprint density at radius 3 is 2.88 bits per heavy atom. The van der Waals surface area contributed by atoms with E-state index in [1.54, 1.807) is 0 Å². The molecule has 1 heterocycles. The summed E-state index contributed by atoms with van der Waals surface area (Å²) in [6, 6.07) is 3.04. The Bertz CT molecular complexity index is 288. The molecule has 0 amide bonds. The Morgan fingerprint density at radius 2 is 2.24 bits per heavy atom. The van der Waals surface area contributed by atoms with Gasteiger partial charge in [0.2, 0.25) is 0 Å². The van der Waals surface area contributed by atoms with Crippen LogP contribution in [-0.2, 0) is 6.42 Å². The molecular weight excluding hydrogens is 226 g/mol. The molecule has 0 aromatic carbocycles. The molecular formula is C15H25NS. The first-order valence-corrected chi connectivity index (χ1v) is 8.09. The number of thiophene rings is 1. The highest BCUT2D eigenvalue weighted by Crippen LogP contribution is 2.29. The fraction of sp³-hybridized carbons (Fsp3) is 0.733. The highest BCUT2D eigenvalue weighted by molar-refractivity contribution is 7.07. The zero-order chi connectivity index (χ0) is 11.9. The van der Waals surface area contributed by atoms with E-state index < -0.39 is 0 Å². The van der Waals surface area contributed by atoms with Crippen molar-refractivity contribution in [2.75, 3.05) is 6.54 Å². The van der Waals surface area contributed by atoms with E-state index in [-0.39, 0.29) is 0 Å². The average molecular weight is 251 g/mol. The summed E-state index contributed by atoms with van der Waals surface area (Å²) in [6.45, 7) is 3.45. The van der Waals surface area contributed by atoms with Crippen LogP contribution in [-0.4, -0.2) is 12.6 Å². The normalized spacial score (nSPS) is 18.6. The van der Waals surface area contributed by atoms with Crippen molar-refractivity contribution >= 4 is 11.3 Å². The summed E-state index contributed by atoms with van der Waals surface area (Å²) >= 11 is 1.82. The minimum Gasteiger partial charge on any atom is -0.314 e. The van der Waals surface area contributed by atoms with E-state index in [2.05, 4.69) is 29.1 Å². The van der Waals surface area contributed by atoms with E-state index in [1.807, 2.05) is 11.3 Å². The third-order valence-corrected chi connectivity index (χ3v) is 4.68. The SMILES string of the molecule is CCCNC(CCc1ccsc1)C1CCCC1. The monoisotopic (exact) mass is 251 g/mol. The standard InChI is InChI=1S/C15H25NS/c1-2-10-16-15(14-5-3-4-6-14)8-7-13-9-11-17-12-13/h9,11-12,14-16H,2-8,10H2,1H3. The van der Waals surface area contributed by atoms with Gasteiger partial charge >= 0.3 is 0 Å². The van der Waals surface area contributed by atoms with Crippen LogP contribution in [0.15, 0.2) is 16.8 Å². The Morgan fingerprint density at radius 1 is 1.41 bits per heavy atom. The fourth-order valence-electron chi connectivity index (χ4n) is 2.95. The summed E-state index contributed by atoms with van der Waals surface area (Å²) in [6.07, 6.45) is 9.63. The second kappa shape index (κ2) is 7.17. The first-order chi connectivity index (χ1) is 8.40. The molecule has 1 nitrogen and oxygen atoms in total. The molecule has 1 aliphatic rings. The van der Waals surface area contributed by atoms with Crippen LogP contribution in [0.4, 0.5) is 0 Å². The number of rotatable bonds is 7. The highest BCUT2D eigenvalue weighted by Gasteiger charge is 2.24. The van der Waals surface area contributed by atoms with Crippen molar-refractivity contribution in [2.45, 2.75) is 57.9 Å². The summed E-state index contributed by atoms with van der Waals surface area (Å²) in [5.74, 6) is 0.945. The van der Waals surface area contributed by atoms with Gasteiger partial charge in [0.05, 0.1) is 0 Å². The minimum atomic E-state index is 0.761. The maximum atomic E-state index is 3.78. The van der Waals surface area contributed by atoms with Gasteiger partial charge in [0.15, 0.2) is 0 Å². The molecule has 0 bridgehead atoms. The quantitative estimate of drug-likeness (QED) is 0.764. The van der Waals surface area contributed by atoms with Crippen molar-refractivity contribution in [1.82, 2.24) is 5.32 Å². The van der Waals surface area contributed by atoms with Gasteiger partial charge in [0, 0.05) is 6.04 Å². The predicted molar refractivity (Wildman–Crippen MR) is 76.7 cm³/mol. The minimum absolute atomic E-state index is 0.761. The molecule has 96 valence electrons. The third kappa shape index (κ3) is 4.11. The molecule has 1 saturated carbocycles. The summed E-state index contributed by atoms with van der Waals surface area (Å²) < 4.78 is 0. The van der Waals surface area contributed by atoms with Crippen molar-refractivity contribution in [3.05, 3.63) is 22.4 Å². The first-order valence-electron chi connectivity index (χ1n) is 7.14. The van der Waals surface area contributed by atoms with E-state index >= 15 is 0 Å². The van der Waals surface area contributed by atoms with Crippen LogP contribution in [0.1, 0.15) is 51.0 Å². The van der Waals surface area contributed by atoms with Crippen LogP contribution in [0.25, 0.3) is 0 Å². The molecule has 17 heavy (non-hydrogen) atoms. The Hall–Kier alpha value is -0.340. The van der Waals surface area contributed by atoms with Crippen molar-refractivity contribution in [1.29, 1.82) is 0 Å². The van der Waals surface area contributed by atoms with Gasteiger partial charge in [-0.05, 0) is 67.0 Å². The molecule has 1 aliphatic carbocycles. The van der Waals surface area contributed by atoms with Gasteiger partial charge in [-0.25, -0.2) is 0 Å². The van der Waals surface area contributed by atoms with Crippen LogP contribution in [0.5, 0.6) is 0 Å². The van der Waals surface area contributed by atoms with Crippen LogP contribution >= 0.6 is 11.3 Å². The van der Waals surface area contributed by atoms with E-state index in [1.165, 1.54) is 57.1 Å². The molecule has 1 unspecified atom stereocenters. The van der Waals surface area contributed by atoms with Crippen LogP contribution in [0.3, 0.4) is 0 Å². The zero-order valence-electron chi connectivity index (χ0n) is 11.0. The van der Waals surface area contributed by atoms with E-state index in [0.29, 0.717) is 0 Å². The van der Waals surface area contributed by atoms with Gasteiger partial charge in [0.1, 0.15) is 0 Å². The summed E-state index contributed by atoms with van der Waals surface area (Å²) in [7, 11) is 0. The molecule has 1 aromatic rings. The van der Waals surface area contributed by atoms with Gasteiger partial charge in [-0.3, -0.25) is 0 Å². The number of aryl methyl sites for hydroxylation is 1. The maximum Gasteiger partial charge on any atom is 0.00984 e. The highest BCUT2D eigenvalue weighted by atomic mass is 32.1. The largest absolute Gasteiger partial charge is 0.314 e. The van der Waals surface area contributed by atoms with E-state index in [4.69, 9.17) is 0 Å². The van der Waals surface area contributed by atoms with Gasteiger partial charge in [-0.15, -0.1) is 0 Å². The first kappa shape index (κ1) is 13.1. The van der Waals surface area contributed by atoms with E-state index in [9.17, 15) is 0 Å². The van der Waals surface area contributed by atoms with E-state index in [0.717, 1.165) is 12.0 Å². The molecule has 1 N–H and O–H groups in total. The molecule has 0 aliphatic heterocycles. The summed E-state index contributed by atoms with van der Waals surface area (Å²) in [5, 5.41) is 8.27. The topological polar surface area (TPSA) is 12.0 Å². The molecule has 2 heteroatoms. The van der Waals surface area contributed by atoms with Gasteiger partial charge < -0.3 is 5.32 Å². The average Bonchev–Trinajstić information content (AvgIpc) is 3.01.